The Hall–Kier alpha value is -2.85. The number of cyclic esters (lactones) is 1. The van der Waals surface area contributed by atoms with Crippen molar-refractivity contribution in [2.24, 2.45) is 5.92 Å². The van der Waals surface area contributed by atoms with Crippen LogP contribution in [0, 0.1) is 5.92 Å². The Kier molecular flexibility index (Phi) is 11.9. The molecule has 9 heteroatoms. The van der Waals surface area contributed by atoms with Crippen LogP contribution in [0.4, 0.5) is 4.79 Å². The Morgan fingerprint density at radius 1 is 0.929 bits per heavy atom. The van der Waals surface area contributed by atoms with Crippen LogP contribution >= 0.6 is 15.9 Å². The summed E-state index contributed by atoms with van der Waals surface area (Å²) in [5, 5.41) is 20.4. The van der Waals surface area contributed by atoms with Gasteiger partial charge in [-0.25, -0.2) is 9.69 Å². The molecule has 1 saturated heterocycles. The maximum Gasteiger partial charge on any atom is 0.417 e. The van der Waals surface area contributed by atoms with Crippen molar-refractivity contribution in [1.82, 2.24) is 4.90 Å². The van der Waals surface area contributed by atoms with Gasteiger partial charge in [-0.2, -0.15) is 0 Å². The van der Waals surface area contributed by atoms with Crippen LogP contribution in [0.1, 0.15) is 75.0 Å². The molecule has 8 nitrogen and oxygen atoms in total. The van der Waals surface area contributed by atoms with Gasteiger partial charge in [0.25, 0.3) is 0 Å². The number of hydrogen-bond donors (Lipinski definition) is 2. The summed E-state index contributed by atoms with van der Waals surface area (Å²) < 4.78 is 11.7. The molecule has 2 aromatic rings. The molecule has 2 aliphatic rings. The number of amides is 2. The number of nitrogens with zero attached hydrogens (tertiary/aromatic N) is 1. The molecule has 1 fully saturated rings. The molecule has 42 heavy (non-hydrogen) atoms. The first kappa shape index (κ1) is 32.1. The zero-order chi connectivity index (χ0) is 30.0. The highest BCUT2D eigenvalue weighted by Gasteiger charge is 2.50. The van der Waals surface area contributed by atoms with Crippen molar-refractivity contribution < 1.29 is 34.1 Å². The summed E-state index contributed by atoms with van der Waals surface area (Å²) in [5.74, 6) is -3.87. The summed E-state index contributed by atoms with van der Waals surface area (Å²) in [4.78, 5) is 41.5. The van der Waals surface area contributed by atoms with Crippen molar-refractivity contribution in [3.05, 3.63) is 82.3 Å². The Morgan fingerprint density at radius 2 is 1.52 bits per heavy atom. The average molecular weight is 643 g/mol. The van der Waals surface area contributed by atoms with Gasteiger partial charge in [-0.05, 0) is 52.4 Å². The maximum absolute atomic E-state index is 14.2. The molecular formula is C33H40BrNO7. The summed E-state index contributed by atoms with van der Waals surface area (Å²) in [7, 11) is 0. The van der Waals surface area contributed by atoms with Crippen molar-refractivity contribution in [3.8, 4) is 0 Å². The minimum atomic E-state index is -1.76. The van der Waals surface area contributed by atoms with Crippen LogP contribution in [0.2, 0.25) is 0 Å². The molecule has 226 valence electrons. The molecule has 2 aliphatic heterocycles. The van der Waals surface area contributed by atoms with Crippen molar-refractivity contribution in [3.63, 3.8) is 0 Å². The lowest BCUT2D eigenvalue weighted by Gasteiger charge is -2.38. The van der Waals surface area contributed by atoms with Gasteiger partial charge in [0.1, 0.15) is 18.8 Å². The standard InChI is InChI=1S/C33H40BrNO7/c34-29-22-28(37)30(42-33(29,40)19-13-5-3-1-2-4-6-14-20-36)26(21-24-15-9-7-10-16-24)31(38)35-27(23-41-32(35)39)25-17-11-8-12-18-25/h7-12,15-18,22,26-27,30,36,40H,1-6,13-14,19-21,23H2/t26-,27+,30-,33+/m0/s1. The smallest absolute Gasteiger partial charge is 0.417 e. The summed E-state index contributed by atoms with van der Waals surface area (Å²) in [6.45, 7) is 0.251. The summed E-state index contributed by atoms with van der Waals surface area (Å²) >= 11 is 3.34. The molecule has 0 radical (unpaired) electrons. The summed E-state index contributed by atoms with van der Waals surface area (Å²) in [5.41, 5.74) is 1.55. The number of ketones is 1. The van der Waals surface area contributed by atoms with E-state index >= 15 is 0 Å². The zero-order valence-corrected chi connectivity index (χ0v) is 25.4. The molecule has 0 saturated carbocycles. The first-order valence-electron chi connectivity index (χ1n) is 14.9. The van der Waals surface area contributed by atoms with Gasteiger partial charge >= 0.3 is 6.09 Å². The highest BCUT2D eigenvalue weighted by molar-refractivity contribution is 9.11. The molecular weight excluding hydrogens is 602 g/mol. The van der Waals surface area contributed by atoms with Crippen LogP contribution in [-0.4, -0.2) is 58.0 Å². The van der Waals surface area contributed by atoms with Gasteiger partial charge < -0.3 is 19.7 Å². The fourth-order valence-electron chi connectivity index (χ4n) is 5.60. The van der Waals surface area contributed by atoms with E-state index in [9.17, 15) is 19.5 Å². The van der Waals surface area contributed by atoms with Gasteiger partial charge in [0.2, 0.25) is 5.91 Å². The van der Waals surface area contributed by atoms with E-state index in [1.165, 1.54) is 6.08 Å². The minimum absolute atomic E-state index is 0.0168. The van der Waals surface area contributed by atoms with Crippen LogP contribution in [0.15, 0.2) is 71.2 Å². The third kappa shape index (κ3) is 8.16. The van der Waals surface area contributed by atoms with E-state index in [4.69, 9.17) is 14.6 Å². The lowest BCUT2D eigenvalue weighted by atomic mass is 9.87. The van der Waals surface area contributed by atoms with E-state index in [1.807, 2.05) is 60.7 Å². The predicted octanol–water partition coefficient (Wildman–Crippen LogP) is 6.00. The molecule has 2 aromatic carbocycles. The third-order valence-electron chi connectivity index (χ3n) is 7.94. The van der Waals surface area contributed by atoms with Gasteiger partial charge in [-0.1, -0.05) is 99.2 Å². The number of aliphatic hydroxyl groups is 2. The van der Waals surface area contributed by atoms with Crippen LogP contribution in [0.25, 0.3) is 0 Å². The Balaban J connectivity index is 1.50. The molecule has 0 aromatic heterocycles. The van der Waals surface area contributed by atoms with Crippen LogP contribution in [0.3, 0.4) is 0 Å². The first-order valence-corrected chi connectivity index (χ1v) is 15.6. The van der Waals surface area contributed by atoms with Crippen LogP contribution in [-0.2, 0) is 25.5 Å². The second-order valence-corrected chi connectivity index (χ2v) is 11.9. The number of ether oxygens (including phenoxy) is 2. The second kappa shape index (κ2) is 15.6. The van der Waals surface area contributed by atoms with Gasteiger partial charge in [0, 0.05) is 13.0 Å². The fourth-order valence-corrected chi connectivity index (χ4v) is 6.11. The van der Waals surface area contributed by atoms with Crippen LogP contribution in [0.5, 0.6) is 0 Å². The Labute approximate surface area is 255 Å². The van der Waals surface area contributed by atoms with Gasteiger partial charge in [-0.15, -0.1) is 0 Å². The number of imide groups is 1. The summed E-state index contributed by atoms with van der Waals surface area (Å²) in [6.07, 6.45) is 7.34. The lowest BCUT2D eigenvalue weighted by Crippen LogP contribution is -2.52. The SMILES string of the molecule is O=C1C=C(Br)[C@@](O)(CCCCCCCCCCO)O[C@H]1[C@H](Cc1ccccc1)C(=O)N1C(=O)OC[C@@H]1c1ccccc1. The topological polar surface area (TPSA) is 113 Å². The Morgan fingerprint density at radius 3 is 2.17 bits per heavy atom. The van der Waals surface area contributed by atoms with Crippen LogP contribution < -0.4 is 0 Å². The van der Waals surface area contributed by atoms with Crippen molar-refractivity contribution in [2.75, 3.05) is 13.2 Å². The number of rotatable bonds is 15. The monoisotopic (exact) mass is 641 g/mol. The predicted molar refractivity (Wildman–Crippen MR) is 161 cm³/mol. The average Bonchev–Trinajstić information content (AvgIpc) is 3.39. The largest absolute Gasteiger partial charge is 0.446 e. The molecule has 2 N–H and O–H groups in total. The molecule has 0 bridgehead atoms. The third-order valence-corrected chi connectivity index (χ3v) is 8.79. The number of halogens is 1. The highest BCUT2D eigenvalue weighted by Crippen LogP contribution is 2.39. The van der Waals surface area contributed by atoms with Gasteiger partial charge in [-0.3, -0.25) is 9.59 Å². The molecule has 0 unspecified atom stereocenters. The van der Waals surface area contributed by atoms with Crippen molar-refractivity contribution >= 4 is 33.7 Å². The minimum Gasteiger partial charge on any atom is -0.446 e. The number of carbonyl (C=O) groups is 3. The van der Waals surface area contributed by atoms with E-state index in [1.54, 1.807) is 0 Å². The molecule has 4 rings (SSSR count). The van der Waals surface area contributed by atoms with Crippen molar-refractivity contribution in [1.29, 1.82) is 0 Å². The van der Waals surface area contributed by atoms with Crippen molar-refractivity contribution in [2.45, 2.75) is 82.1 Å². The number of carbonyl (C=O) groups excluding carboxylic acids is 3. The normalized spacial score (nSPS) is 23.0. The number of benzene rings is 2. The lowest BCUT2D eigenvalue weighted by molar-refractivity contribution is -0.218. The quantitative estimate of drug-likeness (QED) is 0.229. The first-order chi connectivity index (χ1) is 20.3. The molecule has 2 amide bonds. The van der Waals surface area contributed by atoms with E-state index in [0.29, 0.717) is 6.42 Å². The molecule has 0 spiro atoms. The van der Waals surface area contributed by atoms with Gasteiger partial charge in [0.15, 0.2) is 11.6 Å². The Bertz CT molecular complexity index is 1220. The zero-order valence-electron chi connectivity index (χ0n) is 23.8. The fraction of sp³-hybridized carbons (Fsp3) is 0.485. The van der Waals surface area contributed by atoms with E-state index < -0.39 is 41.6 Å². The molecule has 2 heterocycles. The second-order valence-electron chi connectivity index (χ2n) is 11.0. The molecule has 4 atom stereocenters. The number of aliphatic hydroxyl groups excluding tert-OH is 1. The number of hydrogen-bond acceptors (Lipinski definition) is 7. The summed E-state index contributed by atoms with van der Waals surface area (Å²) in [6, 6.07) is 17.8. The molecule has 0 aliphatic carbocycles. The van der Waals surface area contributed by atoms with Gasteiger partial charge in [0.05, 0.1) is 10.4 Å². The van der Waals surface area contributed by atoms with E-state index in [-0.39, 0.29) is 30.5 Å². The maximum atomic E-state index is 14.2. The highest BCUT2D eigenvalue weighted by atomic mass is 79.9. The van der Waals surface area contributed by atoms with E-state index in [0.717, 1.165) is 61.0 Å². The van der Waals surface area contributed by atoms with E-state index in [2.05, 4.69) is 15.9 Å². The number of unbranched alkanes of at least 4 members (excludes halogenated alkanes) is 7.